The van der Waals surface area contributed by atoms with Crippen LogP contribution in [0.5, 0.6) is 0 Å². The maximum absolute atomic E-state index is 13.6. The summed E-state index contributed by atoms with van der Waals surface area (Å²) in [5.41, 5.74) is 6.83. The molecule has 1 aliphatic heterocycles. The first-order valence-corrected chi connectivity index (χ1v) is 12.0. The number of halogens is 5. The molecule has 1 aliphatic rings. The molecule has 0 bridgehead atoms. The Labute approximate surface area is 218 Å². The minimum atomic E-state index is -5.69. The number of anilines is 2. The first kappa shape index (κ1) is 26.4. The molecule has 9 nitrogen and oxygen atoms in total. The predicted octanol–water partition coefficient (Wildman–Crippen LogP) is 4.68. The van der Waals surface area contributed by atoms with Crippen LogP contribution in [0.2, 0.25) is 0 Å². The van der Waals surface area contributed by atoms with E-state index in [0.717, 1.165) is 5.56 Å². The highest BCUT2D eigenvalue weighted by Gasteiger charge is 2.56. The van der Waals surface area contributed by atoms with Gasteiger partial charge in [-0.3, -0.25) is 9.78 Å². The summed E-state index contributed by atoms with van der Waals surface area (Å²) in [6.45, 7) is 5.69. The number of hydrogen-bond acceptors (Lipinski definition) is 7. The second-order valence-electron chi connectivity index (χ2n) is 9.80. The van der Waals surface area contributed by atoms with E-state index in [1.807, 2.05) is 19.9 Å². The summed E-state index contributed by atoms with van der Waals surface area (Å²) in [7, 11) is 0. The second-order valence-corrected chi connectivity index (χ2v) is 9.80. The van der Waals surface area contributed by atoms with Gasteiger partial charge in [-0.25, -0.2) is 19.9 Å². The molecule has 0 spiro atoms. The topological polar surface area (TPSA) is 124 Å². The molecule has 5 rings (SSSR count). The molecule has 1 atom stereocenters. The number of carbonyl (C=O) groups excluding carboxylic acids is 1. The van der Waals surface area contributed by atoms with Crippen molar-refractivity contribution in [2.75, 3.05) is 11.1 Å². The fourth-order valence-electron chi connectivity index (χ4n) is 4.50. The molecule has 4 aromatic heterocycles. The largest absolute Gasteiger partial charge is 0.453 e. The van der Waals surface area contributed by atoms with Crippen LogP contribution in [0, 0.1) is 0 Å². The van der Waals surface area contributed by atoms with Gasteiger partial charge in [0.15, 0.2) is 11.5 Å². The van der Waals surface area contributed by atoms with Gasteiger partial charge < -0.3 is 15.5 Å². The van der Waals surface area contributed by atoms with E-state index in [-0.39, 0.29) is 40.4 Å². The lowest BCUT2D eigenvalue weighted by Gasteiger charge is -2.22. The van der Waals surface area contributed by atoms with Crippen molar-refractivity contribution < 1.29 is 26.7 Å². The van der Waals surface area contributed by atoms with Gasteiger partial charge >= 0.3 is 12.1 Å². The van der Waals surface area contributed by atoms with Crippen molar-refractivity contribution >= 4 is 23.2 Å². The molecule has 3 N–H and O–H groups in total. The van der Waals surface area contributed by atoms with Crippen LogP contribution in [0.3, 0.4) is 0 Å². The van der Waals surface area contributed by atoms with Gasteiger partial charge in [0.25, 0.3) is 0 Å². The van der Waals surface area contributed by atoms with E-state index in [0.29, 0.717) is 11.3 Å². The van der Waals surface area contributed by atoms with Crippen molar-refractivity contribution in [2.24, 2.45) is 0 Å². The highest BCUT2D eigenvalue weighted by atomic mass is 19.4. The zero-order valence-electron chi connectivity index (χ0n) is 21.0. The maximum atomic E-state index is 13.6. The van der Waals surface area contributed by atoms with Crippen molar-refractivity contribution in [1.82, 2.24) is 29.3 Å². The Morgan fingerprint density at radius 3 is 2.49 bits per heavy atom. The number of pyridine rings is 1. The van der Waals surface area contributed by atoms with Crippen molar-refractivity contribution in [2.45, 2.75) is 57.0 Å². The predicted molar refractivity (Wildman–Crippen MR) is 131 cm³/mol. The summed E-state index contributed by atoms with van der Waals surface area (Å²) in [6, 6.07) is 3.62. The molecule has 0 aromatic carbocycles. The Hall–Kier alpha value is -4.23. The van der Waals surface area contributed by atoms with Gasteiger partial charge in [-0.1, -0.05) is 19.9 Å². The van der Waals surface area contributed by atoms with Crippen LogP contribution in [0.1, 0.15) is 55.6 Å². The van der Waals surface area contributed by atoms with Crippen LogP contribution >= 0.6 is 0 Å². The number of alkyl halides is 5. The third-order valence-corrected chi connectivity index (χ3v) is 6.85. The molecule has 39 heavy (non-hydrogen) atoms. The van der Waals surface area contributed by atoms with Crippen LogP contribution < -0.4 is 11.1 Å². The first-order chi connectivity index (χ1) is 18.2. The minimum Gasteiger partial charge on any atom is -0.383 e. The van der Waals surface area contributed by atoms with Gasteiger partial charge in [0.05, 0.1) is 17.0 Å². The Kier molecular flexibility index (Phi) is 6.03. The minimum absolute atomic E-state index is 0.0386. The monoisotopic (exact) mass is 546 g/mol. The number of fused-ring (bicyclic) bond motifs is 2. The lowest BCUT2D eigenvalue weighted by molar-refractivity contribution is -0.284. The number of aromatic nitrogens is 6. The van der Waals surface area contributed by atoms with Crippen molar-refractivity contribution in [3.63, 3.8) is 0 Å². The smallest absolute Gasteiger partial charge is 0.383 e. The average Bonchev–Trinajstić information content (AvgIpc) is 3.44. The van der Waals surface area contributed by atoms with Gasteiger partial charge in [0.1, 0.15) is 22.7 Å². The quantitative estimate of drug-likeness (QED) is 0.337. The molecular weight excluding hydrogens is 523 g/mol. The molecule has 1 unspecified atom stereocenters. The van der Waals surface area contributed by atoms with Gasteiger partial charge in [-0.15, -0.1) is 0 Å². The zero-order valence-corrected chi connectivity index (χ0v) is 21.0. The number of imidazole rings is 1. The SMILES string of the molecule is CC(C)c1ccc(C2(C)C(=O)Nc3nc(-c4cn5ccnc5c(CCC(F)(F)C(F)(F)F)n4)nc(N)c32)nc1. The van der Waals surface area contributed by atoms with E-state index in [1.165, 1.54) is 23.0 Å². The Morgan fingerprint density at radius 1 is 1.10 bits per heavy atom. The van der Waals surface area contributed by atoms with Gasteiger partial charge in [-0.2, -0.15) is 22.0 Å². The van der Waals surface area contributed by atoms with E-state index < -0.39 is 36.3 Å². The number of amides is 1. The van der Waals surface area contributed by atoms with E-state index in [1.54, 1.807) is 19.2 Å². The van der Waals surface area contributed by atoms with E-state index in [9.17, 15) is 26.7 Å². The number of nitrogens with zero attached hydrogens (tertiary/aromatic N) is 6. The summed E-state index contributed by atoms with van der Waals surface area (Å²) in [5, 5.41) is 2.70. The van der Waals surface area contributed by atoms with Crippen LogP contribution in [0.4, 0.5) is 33.6 Å². The molecule has 5 heterocycles. The second kappa shape index (κ2) is 8.92. The van der Waals surface area contributed by atoms with Gasteiger partial charge in [0, 0.05) is 31.2 Å². The van der Waals surface area contributed by atoms with Crippen LogP contribution in [0.15, 0.2) is 36.9 Å². The first-order valence-electron chi connectivity index (χ1n) is 12.0. The van der Waals surface area contributed by atoms with Gasteiger partial charge in [-0.05, 0) is 30.9 Å². The summed E-state index contributed by atoms with van der Waals surface area (Å²) in [4.78, 5) is 34.6. The molecule has 1 amide bonds. The molecule has 4 aromatic rings. The molecule has 0 saturated carbocycles. The molecule has 0 saturated heterocycles. The number of nitrogens with two attached hydrogens (primary N) is 1. The van der Waals surface area contributed by atoms with Crippen molar-refractivity contribution in [3.05, 3.63) is 59.4 Å². The fourth-order valence-corrected chi connectivity index (χ4v) is 4.50. The molecular formula is C25H23F5N8O. The number of carbonyl (C=O) groups is 1. The van der Waals surface area contributed by atoms with E-state index >= 15 is 0 Å². The van der Waals surface area contributed by atoms with Crippen LogP contribution in [-0.4, -0.2) is 47.3 Å². The Morgan fingerprint density at radius 2 is 1.85 bits per heavy atom. The highest BCUT2D eigenvalue weighted by molar-refractivity contribution is 6.08. The van der Waals surface area contributed by atoms with E-state index in [4.69, 9.17) is 5.73 Å². The third-order valence-electron chi connectivity index (χ3n) is 6.85. The van der Waals surface area contributed by atoms with Crippen LogP contribution in [-0.2, 0) is 16.6 Å². The number of aryl methyl sites for hydroxylation is 1. The third kappa shape index (κ3) is 4.33. The molecule has 0 fully saturated rings. The standard InChI is InChI=1S/C25H23F5N8O/c1-12(2)13-4-5-16(33-10-13)23(3)17-18(31)35-19(36-20(17)37-22(23)39)15-11-38-9-8-32-21(38)14(34-15)6-7-24(26,27)25(28,29)30/h4-5,8-12H,6-7H2,1-3H3,(H3,31,35,36,37,39). The summed E-state index contributed by atoms with van der Waals surface area (Å²) in [5.74, 6) is -5.06. The lowest BCUT2D eigenvalue weighted by atomic mass is 9.80. The molecule has 204 valence electrons. The zero-order chi connectivity index (χ0) is 28.3. The van der Waals surface area contributed by atoms with Crippen molar-refractivity contribution in [1.29, 1.82) is 0 Å². The van der Waals surface area contributed by atoms with E-state index in [2.05, 4.69) is 30.2 Å². The summed E-state index contributed by atoms with van der Waals surface area (Å²) < 4.78 is 66.8. The normalized spacial score (nSPS) is 17.6. The molecule has 0 aliphatic carbocycles. The summed E-state index contributed by atoms with van der Waals surface area (Å²) >= 11 is 0. The molecule has 14 heteroatoms. The number of nitrogen functional groups attached to an aromatic ring is 1. The maximum Gasteiger partial charge on any atom is 0.453 e. The van der Waals surface area contributed by atoms with Gasteiger partial charge in [0.2, 0.25) is 5.91 Å². The van der Waals surface area contributed by atoms with Crippen LogP contribution in [0.25, 0.3) is 17.2 Å². The lowest BCUT2D eigenvalue weighted by Crippen LogP contribution is -2.36. The number of rotatable bonds is 6. The summed E-state index contributed by atoms with van der Waals surface area (Å²) in [6.07, 6.45) is -1.95. The van der Waals surface area contributed by atoms with Crippen molar-refractivity contribution in [3.8, 4) is 11.5 Å². The Balaban J connectivity index is 1.55. The molecule has 0 radical (unpaired) electrons. The number of nitrogens with one attached hydrogen (secondary N) is 1. The Bertz CT molecular complexity index is 1580. The highest BCUT2D eigenvalue weighted by Crippen LogP contribution is 2.44. The average molecular weight is 547 g/mol. The fraction of sp³-hybridized carbons (Fsp3) is 0.360. The number of hydrogen-bond donors (Lipinski definition) is 2.